The van der Waals surface area contributed by atoms with Crippen LogP contribution in [0.1, 0.15) is 58.8 Å². The first kappa shape index (κ1) is 15.8. The molecule has 0 aromatic rings. The molecule has 2 aliphatic rings. The van der Waals surface area contributed by atoms with Gasteiger partial charge in [-0.25, -0.2) is 0 Å². The Morgan fingerprint density at radius 2 is 1.70 bits per heavy atom. The molecule has 4 N–H and O–H groups in total. The summed E-state index contributed by atoms with van der Waals surface area (Å²) in [5.74, 6) is 0.305. The van der Waals surface area contributed by atoms with Crippen LogP contribution >= 0.6 is 0 Å². The predicted octanol–water partition coefficient (Wildman–Crippen LogP) is 1.87. The molecule has 4 nitrogen and oxygen atoms in total. The summed E-state index contributed by atoms with van der Waals surface area (Å²) in [4.78, 5) is 14.9. The fourth-order valence-corrected chi connectivity index (χ4v) is 3.62. The molecule has 1 aliphatic heterocycles. The lowest BCUT2D eigenvalue weighted by Crippen LogP contribution is -2.56. The van der Waals surface area contributed by atoms with Gasteiger partial charge in [0.25, 0.3) is 0 Å². The smallest absolute Gasteiger partial charge is 0.227 e. The Morgan fingerprint density at radius 1 is 1.05 bits per heavy atom. The summed E-state index contributed by atoms with van der Waals surface area (Å²) in [7, 11) is 0. The molecule has 1 heterocycles. The van der Waals surface area contributed by atoms with Crippen LogP contribution in [0, 0.1) is 11.3 Å². The van der Waals surface area contributed by atoms with Crippen LogP contribution in [0.2, 0.25) is 0 Å². The normalized spacial score (nSPS) is 35.2. The van der Waals surface area contributed by atoms with Crippen molar-refractivity contribution in [2.24, 2.45) is 22.8 Å². The van der Waals surface area contributed by atoms with Crippen LogP contribution in [0.4, 0.5) is 0 Å². The van der Waals surface area contributed by atoms with Crippen molar-refractivity contribution in [3.05, 3.63) is 0 Å². The van der Waals surface area contributed by atoms with Gasteiger partial charge in [0.2, 0.25) is 5.91 Å². The highest BCUT2D eigenvalue weighted by Crippen LogP contribution is 2.30. The average Bonchev–Trinajstić information content (AvgIpc) is 2.37. The van der Waals surface area contributed by atoms with Gasteiger partial charge in [0.15, 0.2) is 0 Å². The Bertz CT molecular complexity index is 343. The van der Waals surface area contributed by atoms with Crippen LogP contribution in [-0.4, -0.2) is 36.0 Å². The Labute approximate surface area is 123 Å². The topological polar surface area (TPSA) is 72.3 Å². The molecular weight excluding hydrogens is 250 g/mol. The summed E-state index contributed by atoms with van der Waals surface area (Å²) in [6.45, 7) is 5.90. The van der Waals surface area contributed by atoms with Gasteiger partial charge in [0.05, 0.1) is 5.92 Å². The van der Waals surface area contributed by atoms with Crippen LogP contribution < -0.4 is 11.5 Å². The first-order valence-corrected chi connectivity index (χ1v) is 8.22. The molecule has 2 fully saturated rings. The maximum atomic E-state index is 12.8. The van der Waals surface area contributed by atoms with E-state index < -0.39 is 0 Å². The number of rotatable bonds is 1. The molecular formula is C16H31N3O. The first-order valence-electron chi connectivity index (χ1n) is 8.22. The van der Waals surface area contributed by atoms with E-state index >= 15 is 0 Å². The van der Waals surface area contributed by atoms with Crippen LogP contribution in [-0.2, 0) is 4.79 Å². The average molecular weight is 281 g/mol. The van der Waals surface area contributed by atoms with Crippen LogP contribution in [0.5, 0.6) is 0 Å². The third-order valence-electron chi connectivity index (χ3n) is 5.26. The molecule has 0 bridgehead atoms. The van der Waals surface area contributed by atoms with Crippen molar-refractivity contribution in [3.8, 4) is 0 Å². The Balaban J connectivity index is 2.01. The lowest BCUT2D eigenvalue weighted by Gasteiger charge is -2.44. The van der Waals surface area contributed by atoms with Gasteiger partial charge in [-0.1, -0.05) is 39.5 Å². The van der Waals surface area contributed by atoms with E-state index in [9.17, 15) is 4.79 Å². The van der Waals surface area contributed by atoms with Crippen LogP contribution in [0.25, 0.3) is 0 Å². The molecule has 20 heavy (non-hydrogen) atoms. The monoisotopic (exact) mass is 281 g/mol. The summed E-state index contributed by atoms with van der Waals surface area (Å²) in [5, 5.41) is 0. The van der Waals surface area contributed by atoms with Crippen molar-refractivity contribution < 1.29 is 4.79 Å². The number of carbonyl (C=O) groups is 1. The molecule has 1 saturated carbocycles. The summed E-state index contributed by atoms with van der Waals surface area (Å²) in [6, 6.07) is 0.235. The minimum Gasteiger partial charge on any atom is -0.342 e. The third kappa shape index (κ3) is 3.53. The van der Waals surface area contributed by atoms with E-state index in [1.165, 1.54) is 19.3 Å². The molecule has 2 rings (SSSR count). The largest absolute Gasteiger partial charge is 0.342 e. The standard InChI is InChI=1S/C16H31N3O/c1-16(2)11-19(10-9-14(16)18)15(20)12-7-5-3-4-6-8-13(12)17/h12-14H,3-11,17-18H2,1-2H3. The minimum absolute atomic E-state index is 0.0135. The fourth-order valence-electron chi connectivity index (χ4n) is 3.62. The second kappa shape index (κ2) is 6.44. The molecule has 0 spiro atoms. The van der Waals surface area contributed by atoms with E-state index in [0.717, 1.165) is 38.8 Å². The molecule has 1 amide bonds. The van der Waals surface area contributed by atoms with Crippen molar-refractivity contribution in [2.45, 2.75) is 70.9 Å². The van der Waals surface area contributed by atoms with Gasteiger partial charge >= 0.3 is 0 Å². The zero-order chi connectivity index (χ0) is 14.8. The summed E-state index contributed by atoms with van der Waals surface area (Å²) in [5.41, 5.74) is 12.5. The fraction of sp³-hybridized carbons (Fsp3) is 0.938. The number of amides is 1. The number of carbonyl (C=O) groups excluding carboxylic acids is 1. The molecule has 3 atom stereocenters. The summed E-state index contributed by atoms with van der Waals surface area (Å²) >= 11 is 0. The number of likely N-dealkylation sites (tertiary alicyclic amines) is 1. The number of hydrogen-bond acceptors (Lipinski definition) is 3. The summed E-state index contributed by atoms with van der Waals surface area (Å²) in [6.07, 6.45) is 7.67. The lowest BCUT2D eigenvalue weighted by molar-refractivity contribution is -0.140. The predicted molar refractivity (Wildman–Crippen MR) is 82.1 cm³/mol. The summed E-state index contributed by atoms with van der Waals surface area (Å²) < 4.78 is 0. The van der Waals surface area contributed by atoms with E-state index in [1.54, 1.807) is 0 Å². The van der Waals surface area contributed by atoms with E-state index in [4.69, 9.17) is 11.5 Å². The second-order valence-electron chi connectivity index (χ2n) is 7.41. The molecule has 1 aliphatic carbocycles. The molecule has 0 radical (unpaired) electrons. The minimum atomic E-state index is 0.0135. The first-order chi connectivity index (χ1) is 9.42. The van der Waals surface area contributed by atoms with Gasteiger partial charge in [-0.2, -0.15) is 0 Å². The SMILES string of the molecule is CC1(C)CN(C(=O)C2CCCCCCC2N)CCC1N. The highest BCUT2D eigenvalue weighted by Gasteiger charge is 2.38. The van der Waals surface area contributed by atoms with E-state index in [2.05, 4.69) is 13.8 Å². The zero-order valence-corrected chi connectivity index (χ0v) is 13.1. The van der Waals surface area contributed by atoms with Crippen molar-refractivity contribution in [3.63, 3.8) is 0 Å². The van der Waals surface area contributed by atoms with Gasteiger partial charge < -0.3 is 16.4 Å². The highest BCUT2D eigenvalue weighted by molar-refractivity contribution is 5.79. The van der Waals surface area contributed by atoms with E-state index in [-0.39, 0.29) is 29.3 Å². The number of nitrogens with zero attached hydrogens (tertiary/aromatic N) is 1. The zero-order valence-electron chi connectivity index (χ0n) is 13.1. The Kier molecular flexibility index (Phi) is 5.08. The molecule has 4 heteroatoms. The van der Waals surface area contributed by atoms with Gasteiger partial charge in [-0.15, -0.1) is 0 Å². The molecule has 116 valence electrons. The van der Waals surface area contributed by atoms with Crippen LogP contribution in [0.15, 0.2) is 0 Å². The number of nitrogens with two attached hydrogens (primary N) is 2. The van der Waals surface area contributed by atoms with Gasteiger partial charge in [0.1, 0.15) is 0 Å². The van der Waals surface area contributed by atoms with Crippen molar-refractivity contribution in [1.29, 1.82) is 0 Å². The van der Waals surface area contributed by atoms with Crippen molar-refractivity contribution in [2.75, 3.05) is 13.1 Å². The lowest BCUT2D eigenvalue weighted by atomic mass is 9.78. The maximum absolute atomic E-state index is 12.8. The maximum Gasteiger partial charge on any atom is 0.227 e. The number of hydrogen-bond donors (Lipinski definition) is 2. The molecule has 1 saturated heterocycles. The highest BCUT2D eigenvalue weighted by atomic mass is 16.2. The van der Waals surface area contributed by atoms with Gasteiger partial charge in [-0.3, -0.25) is 4.79 Å². The molecule has 3 unspecified atom stereocenters. The molecule has 0 aromatic carbocycles. The van der Waals surface area contributed by atoms with E-state index in [0.29, 0.717) is 0 Å². The van der Waals surface area contributed by atoms with Gasteiger partial charge in [0, 0.05) is 25.2 Å². The Morgan fingerprint density at radius 3 is 2.35 bits per heavy atom. The van der Waals surface area contributed by atoms with Crippen molar-refractivity contribution in [1.82, 2.24) is 4.90 Å². The Hall–Kier alpha value is -0.610. The quantitative estimate of drug-likeness (QED) is 0.770. The van der Waals surface area contributed by atoms with Gasteiger partial charge in [-0.05, 0) is 24.7 Å². The van der Waals surface area contributed by atoms with Crippen LogP contribution in [0.3, 0.4) is 0 Å². The van der Waals surface area contributed by atoms with Crippen molar-refractivity contribution >= 4 is 5.91 Å². The molecule has 0 aromatic heterocycles. The number of piperidine rings is 1. The second-order valence-corrected chi connectivity index (χ2v) is 7.41. The third-order valence-corrected chi connectivity index (χ3v) is 5.26. The van der Waals surface area contributed by atoms with E-state index in [1.807, 2.05) is 4.90 Å².